The summed E-state index contributed by atoms with van der Waals surface area (Å²) in [7, 11) is 0. The number of carbonyl (C=O) groups is 1. The van der Waals surface area contributed by atoms with Crippen molar-refractivity contribution in [2.24, 2.45) is 0 Å². The van der Waals surface area contributed by atoms with E-state index < -0.39 is 5.91 Å². The van der Waals surface area contributed by atoms with E-state index in [0.29, 0.717) is 0 Å². The van der Waals surface area contributed by atoms with Crippen LogP contribution in [0, 0.1) is 0 Å². The van der Waals surface area contributed by atoms with Gasteiger partial charge in [0.15, 0.2) is 0 Å². The van der Waals surface area contributed by atoms with Crippen LogP contribution in [-0.4, -0.2) is 29.2 Å². The number of nitrogens with one attached hydrogen (secondary N) is 1. The standard InChI is InChI=1S/C8H9ClN2O3/c9-7-6(2-1-3-10-7)8(13)11-14-5-4-12/h1-3,12H,4-5H2,(H,11,13). The van der Waals surface area contributed by atoms with Crippen LogP contribution in [0.5, 0.6) is 0 Å². The van der Waals surface area contributed by atoms with E-state index in [0.717, 1.165) is 0 Å². The number of hydrogen-bond donors (Lipinski definition) is 2. The van der Waals surface area contributed by atoms with E-state index in [1.165, 1.54) is 12.3 Å². The van der Waals surface area contributed by atoms with Gasteiger partial charge in [0.1, 0.15) is 5.15 Å². The Balaban J connectivity index is 2.56. The molecule has 1 aromatic heterocycles. The van der Waals surface area contributed by atoms with Gasteiger partial charge in [-0.25, -0.2) is 10.5 Å². The highest BCUT2D eigenvalue weighted by Gasteiger charge is 2.09. The molecule has 14 heavy (non-hydrogen) atoms. The average molecular weight is 217 g/mol. The Kier molecular flexibility index (Phi) is 4.31. The molecule has 0 bridgehead atoms. The van der Waals surface area contributed by atoms with Crippen LogP contribution in [0.2, 0.25) is 5.15 Å². The Bertz CT molecular complexity index is 319. The highest BCUT2D eigenvalue weighted by Crippen LogP contribution is 2.10. The molecule has 1 rings (SSSR count). The fraction of sp³-hybridized carbons (Fsp3) is 0.250. The Morgan fingerprint density at radius 3 is 3.14 bits per heavy atom. The van der Waals surface area contributed by atoms with E-state index in [2.05, 4.69) is 15.3 Å². The smallest absolute Gasteiger partial charge is 0.277 e. The van der Waals surface area contributed by atoms with E-state index in [4.69, 9.17) is 16.7 Å². The van der Waals surface area contributed by atoms with Crippen molar-refractivity contribution in [3.63, 3.8) is 0 Å². The molecule has 0 radical (unpaired) electrons. The van der Waals surface area contributed by atoms with Crippen molar-refractivity contribution >= 4 is 17.5 Å². The molecule has 0 saturated heterocycles. The molecule has 0 aliphatic heterocycles. The number of rotatable bonds is 4. The summed E-state index contributed by atoms with van der Waals surface area (Å²) in [6.07, 6.45) is 1.48. The second-order valence-electron chi connectivity index (χ2n) is 2.35. The van der Waals surface area contributed by atoms with Crippen molar-refractivity contribution in [1.29, 1.82) is 0 Å². The summed E-state index contributed by atoms with van der Waals surface area (Å²) in [6, 6.07) is 3.11. The molecule has 1 amide bonds. The van der Waals surface area contributed by atoms with E-state index in [-0.39, 0.29) is 23.9 Å². The molecule has 1 aromatic rings. The molecule has 1 heterocycles. The maximum absolute atomic E-state index is 11.3. The summed E-state index contributed by atoms with van der Waals surface area (Å²) in [5.41, 5.74) is 2.35. The molecule has 0 aliphatic rings. The van der Waals surface area contributed by atoms with Gasteiger partial charge in [0.2, 0.25) is 0 Å². The van der Waals surface area contributed by atoms with Crippen molar-refractivity contribution in [2.75, 3.05) is 13.2 Å². The summed E-state index contributed by atoms with van der Waals surface area (Å²) >= 11 is 5.66. The van der Waals surface area contributed by atoms with Crippen LogP contribution in [0.25, 0.3) is 0 Å². The summed E-state index contributed by atoms with van der Waals surface area (Å²) in [5.74, 6) is -0.489. The van der Waals surface area contributed by atoms with Crippen LogP contribution in [0.15, 0.2) is 18.3 Å². The van der Waals surface area contributed by atoms with Crippen molar-refractivity contribution in [1.82, 2.24) is 10.5 Å². The Morgan fingerprint density at radius 2 is 2.50 bits per heavy atom. The van der Waals surface area contributed by atoms with Gasteiger partial charge in [-0.2, -0.15) is 0 Å². The van der Waals surface area contributed by atoms with Crippen LogP contribution < -0.4 is 5.48 Å². The minimum Gasteiger partial charge on any atom is -0.394 e. The fourth-order valence-corrected chi connectivity index (χ4v) is 0.978. The first kappa shape index (κ1) is 10.9. The van der Waals surface area contributed by atoms with Gasteiger partial charge in [0, 0.05) is 6.20 Å². The third-order valence-electron chi connectivity index (χ3n) is 1.36. The summed E-state index contributed by atoms with van der Waals surface area (Å²) in [6.45, 7) is -0.134. The number of aromatic nitrogens is 1. The van der Waals surface area contributed by atoms with Crippen LogP contribution >= 0.6 is 11.6 Å². The van der Waals surface area contributed by atoms with Crippen LogP contribution in [0.1, 0.15) is 10.4 Å². The molecule has 6 heteroatoms. The average Bonchev–Trinajstić information content (AvgIpc) is 2.18. The van der Waals surface area contributed by atoms with Gasteiger partial charge in [-0.3, -0.25) is 9.63 Å². The molecule has 0 aliphatic carbocycles. The zero-order chi connectivity index (χ0) is 10.4. The maximum Gasteiger partial charge on any atom is 0.277 e. The van der Waals surface area contributed by atoms with E-state index >= 15 is 0 Å². The lowest BCUT2D eigenvalue weighted by atomic mass is 10.3. The van der Waals surface area contributed by atoms with Crippen molar-refractivity contribution < 1.29 is 14.7 Å². The lowest BCUT2D eigenvalue weighted by Crippen LogP contribution is -2.25. The number of amides is 1. The first-order valence-corrected chi connectivity index (χ1v) is 4.27. The van der Waals surface area contributed by atoms with Gasteiger partial charge in [-0.15, -0.1) is 0 Å². The third kappa shape index (κ3) is 2.95. The number of hydrogen-bond acceptors (Lipinski definition) is 4. The lowest BCUT2D eigenvalue weighted by molar-refractivity contribution is 0.0168. The molecule has 0 unspecified atom stereocenters. The van der Waals surface area contributed by atoms with Crippen LogP contribution in [0.4, 0.5) is 0 Å². The van der Waals surface area contributed by atoms with Gasteiger partial charge in [-0.1, -0.05) is 11.6 Å². The largest absolute Gasteiger partial charge is 0.394 e. The van der Waals surface area contributed by atoms with Gasteiger partial charge in [-0.05, 0) is 12.1 Å². The summed E-state index contributed by atoms with van der Waals surface area (Å²) < 4.78 is 0. The fourth-order valence-electron chi connectivity index (χ4n) is 0.773. The normalized spacial score (nSPS) is 9.86. The Hall–Kier alpha value is -1.17. The minimum absolute atomic E-state index is 0.0314. The second-order valence-corrected chi connectivity index (χ2v) is 2.70. The van der Waals surface area contributed by atoms with Crippen LogP contribution in [-0.2, 0) is 4.84 Å². The highest BCUT2D eigenvalue weighted by atomic mass is 35.5. The van der Waals surface area contributed by atoms with Gasteiger partial charge in [0.25, 0.3) is 5.91 Å². The molecular formula is C8H9ClN2O3. The van der Waals surface area contributed by atoms with Gasteiger partial charge < -0.3 is 5.11 Å². The Morgan fingerprint density at radius 1 is 1.71 bits per heavy atom. The first-order chi connectivity index (χ1) is 6.75. The van der Waals surface area contributed by atoms with Crippen molar-refractivity contribution in [2.45, 2.75) is 0 Å². The van der Waals surface area contributed by atoms with E-state index in [1.807, 2.05) is 0 Å². The molecule has 2 N–H and O–H groups in total. The first-order valence-electron chi connectivity index (χ1n) is 3.89. The molecule has 0 saturated carbocycles. The van der Waals surface area contributed by atoms with E-state index in [1.54, 1.807) is 6.07 Å². The van der Waals surface area contributed by atoms with Crippen molar-refractivity contribution in [3.05, 3.63) is 29.0 Å². The molecule has 0 aromatic carbocycles. The molecule has 0 fully saturated rings. The number of pyridine rings is 1. The number of hydroxylamine groups is 1. The topological polar surface area (TPSA) is 71.5 Å². The lowest BCUT2D eigenvalue weighted by Gasteiger charge is -2.04. The predicted molar refractivity (Wildman–Crippen MR) is 49.8 cm³/mol. The number of aliphatic hydroxyl groups is 1. The maximum atomic E-state index is 11.3. The number of aliphatic hydroxyl groups excluding tert-OH is 1. The molecule has 0 spiro atoms. The molecule has 76 valence electrons. The monoisotopic (exact) mass is 216 g/mol. The second kappa shape index (κ2) is 5.54. The quantitative estimate of drug-likeness (QED) is 0.434. The highest BCUT2D eigenvalue weighted by molar-refractivity contribution is 6.32. The van der Waals surface area contributed by atoms with E-state index in [9.17, 15) is 4.79 Å². The summed E-state index contributed by atoms with van der Waals surface area (Å²) in [5, 5.41) is 8.50. The van der Waals surface area contributed by atoms with Crippen molar-refractivity contribution in [3.8, 4) is 0 Å². The zero-order valence-electron chi connectivity index (χ0n) is 7.24. The van der Waals surface area contributed by atoms with Gasteiger partial charge >= 0.3 is 0 Å². The minimum atomic E-state index is -0.489. The predicted octanol–water partition coefficient (Wildman–Crippen LogP) is 0.389. The number of nitrogens with zero attached hydrogens (tertiary/aromatic N) is 1. The third-order valence-corrected chi connectivity index (χ3v) is 1.66. The van der Waals surface area contributed by atoms with Gasteiger partial charge in [0.05, 0.1) is 18.8 Å². The molecular weight excluding hydrogens is 208 g/mol. The Labute approximate surface area is 85.6 Å². The molecule has 0 atom stereocenters. The molecule has 5 nitrogen and oxygen atoms in total. The number of carbonyl (C=O) groups excluding carboxylic acids is 1. The van der Waals surface area contributed by atoms with Crippen LogP contribution in [0.3, 0.4) is 0 Å². The summed E-state index contributed by atoms with van der Waals surface area (Å²) in [4.78, 5) is 19.6. The number of halogens is 1. The zero-order valence-corrected chi connectivity index (χ0v) is 7.99. The SMILES string of the molecule is O=C(NOCCO)c1cccnc1Cl.